The van der Waals surface area contributed by atoms with E-state index in [-0.39, 0.29) is 11.4 Å². The average Bonchev–Trinajstić information content (AvgIpc) is 2.53. The van der Waals surface area contributed by atoms with E-state index in [4.69, 9.17) is 5.26 Å². The zero-order valence-electron chi connectivity index (χ0n) is 6.48. The summed E-state index contributed by atoms with van der Waals surface area (Å²) in [7, 11) is 0. The molecule has 0 aromatic carbocycles. The van der Waals surface area contributed by atoms with Crippen molar-refractivity contribution in [3.63, 3.8) is 0 Å². The third kappa shape index (κ3) is 2.58. The summed E-state index contributed by atoms with van der Waals surface area (Å²) in [5, 5.41) is 18.5. The van der Waals surface area contributed by atoms with Crippen molar-refractivity contribution in [3.8, 4) is 17.9 Å². The molecule has 0 fully saturated rings. The molecule has 0 bridgehead atoms. The second kappa shape index (κ2) is 4.24. The van der Waals surface area contributed by atoms with Crippen molar-refractivity contribution in [1.29, 1.82) is 5.26 Å². The van der Waals surface area contributed by atoms with Gasteiger partial charge in [-0.05, 0) is 6.07 Å². The summed E-state index contributed by atoms with van der Waals surface area (Å²) in [6, 6.07) is 4.85. The lowest BCUT2D eigenvalue weighted by Crippen LogP contribution is -1.80. The van der Waals surface area contributed by atoms with Gasteiger partial charge in [0.2, 0.25) is 0 Å². The predicted molar refractivity (Wildman–Crippen MR) is 48.1 cm³/mol. The molecule has 0 spiro atoms. The smallest absolute Gasteiger partial charge is 0.258 e. The minimum atomic E-state index is -0.458. The van der Waals surface area contributed by atoms with Gasteiger partial charge in [-0.2, -0.15) is 5.26 Å². The molecule has 0 saturated heterocycles. The Morgan fingerprint density at radius 2 is 2.38 bits per heavy atom. The van der Waals surface area contributed by atoms with Crippen molar-refractivity contribution in [1.82, 2.24) is 0 Å². The van der Waals surface area contributed by atoms with Gasteiger partial charge in [0.25, 0.3) is 0 Å². The van der Waals surface area contributed by atoms with Gasteiger partial charge in [0.15, 0.2) is 0 Å². The van der Waals surface area contributed by atoms with Crippen LogP contribution in [0.15, 0.2) is 12.1 Å². The van der Waals surface area contributed by atoms with Gasteiger partial charge in [0, 0.05) is 6.07 Å². The first-order valence-corrected chi connectivity index (χ1v) is 4.15. The molecule has 4 nitrogen and oxygen atoms in total. The van der Waals surface area contributed by atoms with Crippen LogP contribution in [0.3, 0.4) is 0 Å². The molecule has 0 saturated carbocycles. The van der Waals surface area contributed by atoms with Crippen LogP contribution in [0, 0.1) is 33.3 Å². The van der Waals surface area contributed by atoms with Gasteiger partial charge in [0.05, 0.1) is 22.3 Å². The summed E-state index contributed by atoms with van der Waals surface area (Å²) in [4.78, 5) is 10.4. The molecule has 0 radical (unpaired) electrons. The first-order chi connectivity index (χ1) is 6.24. The second-order valence-corrected chi connectivity index (χ2v) is 3.09. The number of hydrogen-bond acceptors (Lipinski definition) is 4. The van der Waals surface area contributed by atoms with Crippen LogP contribution in [0.2, 0.25) is 0 Å². The summed E-state index contributed by atoms with van der Waals surface area (Å²) in [5.74, 6) is 5.24. The van der Waals surface area contributed by atoms with Gasteiger partial charge in [-0.25, -0.2) is 0 Å². The molecule has 0 N–H and O–H groups in total. The quantitative estimate of drug-likeness (QED) is 0.388. The Kier molecular flexibility index (Phi) is 3.02. The Labute approximate surface area is 78.6 Å². The molecule has 64 valence electrons. The van der Waals surface area contributed by atoms with E-state index < -0.39 is 4.92 Å². The molecule has 0 aliphatic carbocycles. The van der Waals surface area contributed by atoms with Crippen molar-refractivity contribution in [2.75, 3.05) is 0 Å². The second-order valence-electron chi connectivity index (χ2n) is 2.03. The van der Waals surface area contributed by atoms with Crippen LogP contribution in [0.4, 0.5) is 5.00 Å². The van der Waals surface area contributed by atoms with Gasteiger partial charge in [-0.3, -0.25) is 10.1 Å². The van der Waals surface area contributed by atoms with Crippen molar-refractivity contribution < 1.29 is 4.92 Å². The zero-order chi connectivity index (χ0) is 9.68. The molecule has 0 aliphatic heterocycles. The average molecular weight is 192 g/mol. The maximum Gasteiger partial charge on any atom is 0.325 e. The summed E-state index contributed by atoms with van der Waals surface area (Å²) in [5.41, 5.74) is 0. The molecular weight excluding hydrogens is 188 g/mol. The van der Waals surface area contributed by atoms with Crippen molar-refractivity contribution >= 4 is 16.3 Å². The third-order valence-electron chi connectivity index (χ3n) is 1.15. The summed E-state index contributed by atoms with van der Waals surface area (Å²) in [6.45, 7) is 0. The van der Waals surface area contributed by atoms with Gasteiger partial charge < -0.3 is 0 Å². The first-order valence-electron chi connectivity index (χ1n) is 3.34. The zero-order valence-corrected chi connectivity index (χ0v) is 7.30. The minimum Gasteiger partial charge on any atom is -0.258 e. The Morgan fingerprint density at radius 3 is 2.92 bits per heavy atom. The van der Waals surface area contributed by atoms with Crippen LogP contribution in [0.25, 0.3) is 0 Å². The Hall–Kier alpha value is -1.85. The topological polar surface area (TPSA) is 66.9 Å². The van der Waals surface area contributed by atoms with Crippen LogP contribution in [-0.2, 0) is 0 Å². The highest BCUT2D eigenvalue weighted by atomic mass is 32.1. The van der Waals surface area contributed by atoms with E-state index in [2.05, 4.69) is 11.8 Å². The number of rotatable bonds is 1. The van der Waals surface area contributed by atoms with E-state index in [1.165, 1.54) is 6.07 Å². The summed E-state index contributed by atoms with van der Waals surface area (Å²) >= 11 is 1.01. The number of nitro groups is 1. The van der Waals surface area contributed by atoms with Crippen LogP contribution in [-0.4, -0.2) is 4.92 Å². The van der Waals surface area contributed by atoms with Crippen molar-refractivity contribution in [2.24, 2.45) is 0 Å². The van der Waals surface area contributed by atoms with Crippen LogP contribution >= 0.6 is 11.3 Å². The third-order valence-corrected chi connectivity index (χ3v) is 2.10. The molecule has 13 heavy (non-hydrogen) atoms. The summed E-state index contributed by atoms with van der Waals surface area (Å²) in [6.07, 6.45) is 0.145. The van der Waals surface area contributed by atoms with E-state index in [9.17, 15) is 10.1 Å². The highest BCUT2D eigenvalue weighted by Crippen LogP contribution is 2.22. The van der Waals surface area contributed by atoms with Crippen LogP contribution in [0.5, 0.6) is 0 Å². The Bertz CT molecular complexity index is 419. The first kappa shape index (κ1) is 9.24. The number of thiophene rings is 1. The highest BCUT2D eigenvalue weighted by Gasteiger charge is 2.07. The Balaban J connectivity index is 2.78. The number of nitriles is 1. The normalized spacial score (nSPS) is 8.23. The standard InChI is InChI=1S/C8H4N2O2S/c9-6-2-1-3-7-4-5-8(13-7)10(11)12/h4-5H,2H2. The monoisotopic (exact) mass is 192 g/mol. The molecule has 5 heteroatoms. The summed E-state index contributed by atoms with van der Waals surface area (Å²) < 4.78 is 0. The van der Waals surface area contributed by atoms with Crippen molar-refractivity contribution in [3.05, 3.63) is 27.1 Å². The SMILES string of the molecule is N#CCC#Cc1ccc([N+](=O)[O-])s1. The van der Waals surface area contributed by atoms with Crippen molar-refractivity contribution in [2.45, 2.75) is 6.42 Å². The number of hydrogen-bond donors (Lipinski definition) is 0. The van der Waals surface area contributed by atoms with Gasteiger partial charge in [0.1, 0.15) is 0 Å². The van der Waals surface area contributed by atoms with E-state index in [1.807, 2.05) is 6.07 Å². The lowest BCUT2D eigenvalue weighted by atomic mass is 10.4. The highest BCUT2D eigenvalue weighted by molar-refractivity contribution is 7.15. The van der Waals surface area contributed by atoms with Gasteiger partial charge >= 0.3 is 5.00 Å². The lowest BCUT2D eigenvalue weighted by molar-refractivity contribution is -0.380. The molecule has 1 aromatic heterocycles. The molecule has 0 unspecified atom stereocenters. The molecule has 1 aromatic rings. The van der Waals surface area contributed by atoms with E-state index in [0.717, 1.165) is 11.3 Å². The minimum absolute atomic E-state index is 0.0706. The predicted octanol–water partition coefficient (Wildman–Crippen LogP) is 1.92. The van der Waals surface area contributed by atoms with Crippen LogP contribution in [0.1, 0.15) is 11.3 Å². The lowest BCUT2D eigenvalue weighted by Gasteiger charge is -1.78. The van der Waals surface area contributed by atoms with Gasteiger partial charge in [-0.1, -0.05) is 23.2 Å². The van der Waals surface area contributed by atoms with Crippen LogP contribution < -0.4 is 0 Å². The fourth-order valence-electron chi connectivity index (χ4n) is 0.664. The fourth-order valence-corrected chi connectivity index (χ4v) is 1.36. The molecule has 1 heterocycles. The van der Waals surface area contributed by atoms with E-state index >= 15 is 0 Å². The fraction of sp³-hybridized carbons (Fsp3) is 0.125. The molecule has 1 rings (SSSR count). The van der Waals surface area contributed by atoms with E-state index in [1.54, 1.807) is 6.07 Å². The van der Waals surface area contributed by atoms with E-state index in [0.29, 0.717) is 4.88 Å². The molecule has 0 aliphatic rings. The number of nitrogens with zero attached hydrogens (tertiary/aromatic N) is 2. The Morgan fingerprint density at radius 1 is 1.62 bits per heavy atom. The maximum absolute atomic E-state index is 10.3. The maximum atomic E-state index is 10.3. The molecular formula is C8H4N2O2S. The largest absolute Gasteiger partial charge is 0.325 e. The van der Waals surface area contributed by atoms with Gasteiger partial charge in [-0.15, -0.1) is 0 Å². The molecule has 0 amide bonds. The molecule has 0 atom stereocenters.